The van der Waals surface area contributed by atoms with Gasteiger partial charge in [-0.05, 0) is 29.7 Å². The normalized spacial score (nSPS) is 12.3. The molecule has 0 spiro atoms. The maximum Gasteiger partial charge on any atom is 0.0465 e. The van der Waals surface area contributed by atoms with Crippen LogP contribution >= 0.6 is 0 Å². The minimum absolute atomic E-state index is 0.152. The molecule has 1 heterocycles. The fourth-order valence-corrected chi connectivity index (χ4v) is 2.00. The second-order valence-corrected chi connectivity index (χ2v) is 4.39. The fourth-order valence-electron chi connectivity index (χ4n) is 2.00. The molecule has 2 rings (SSSR count). The lowest BCUT2D eigenvalue weighted by Crippen LogP contribution is -2.28. The van der Waals surface area contributed by atoms with E-state index in [2.05, 4.69) is 29.4 Å². The lowest BCUT2D eigenvalue weighted by atomic mass is 10.0. The van der Waals surface area contributed by atoms with Crippen molar-refractivity contribution in [2.75, 3.05) is 6.54 Å². The summed E-state index contributed by atoms with van der Waals surface area (Å²) in [5.41, 5.74) is 9.51. The molecule has 3 nitrogen and oxygen atoms in total. The molecule has 0 saturated heterocycles. The standard InChI is InChI=1S/C15H19N3/c1-12-7-8-17-11-14(12)15(9-16)18-10-13-5-3-2-4-6-13/h2-8,11,15,18H,9-10,16H2,1H3. The fraction of sp³-hybridized carbons (Fsp3) is 0.267. The zero-order valence-corrected chi connectivity index (χ0v) is 10.6. The van der Waals surface area contributed by atoms with Crippen LogP contribution in [0.4, 0.5) is 0 Å². The predicted octanol–water partition coefficient (Wildman–Crippen LogP) is 2.18. The molecule has 0 aliphatic carbocycles. The van der Waals surface area contributed by atoms with Crippen molar-refractivity contribution >= 4 is 0 Å². The van der Waals surface area contributed by atoms with Crippen molar-refractivity contribution in [3.8, 4) is 0 Å². The molecular formula is C15H19N3. The monoisotopic (exact) mass is 241 g/mol. The van der Waals surface area contributed by atoms with Gasteiger partial charge in [-0.3, -0.25) is 4.98 Å². The van der Waals surface area contributed by atoms with Gasteiger partial charge in [-0.15, -0.1) is 0 Å². The molecule has 94 valence electrons. The number of nitrogens with two attached hydrogens (primary N) is 1. The van der Waals surface area contributed by atoms with Gasteiger partial charge in [0.05, 0.1) is 0 Å². The van der Waals surface area contributed by atoms with Crippen LogP contribution in [0.15, 0.2) is 48.8 Å². The Kier molecular flexibility index (Phi) is 4.45. The van der Waals surface area contributed by atoms with E-state index in [1.807, 2.05) is 36.7 Å². The summed E-state index contributed by atoms with van der Waals surface area (Å²) in [6.07, 6.45) is 3.70. The Hall–Kier alpha value is -1.71. The molecule has 1 aromatic heterocycles. The van der Waals surface area contributed by atoms with E-state index in [1.54, 1.807) is 0 Å². The highest BCUT2D eigenvalue weighted by Crippen LogP contribution is 2.15. The highest BCUT2D eigenvalue weighted by molar-refractivity contribution is 5.25. The number of nitrogens with one attached hydrogen (secondary N) is 1. The van der Waals surface area contributed by atoms with Crippen LogP contribution in [0, 0.1) is 6.92 Å². The first-order valence-corrected chi connectivity index (χ1v) is 6.19. The van der Waals surface area contributed by atoms with E-state index in [4.69, 9.17) is 5.73 Å². The van der Waals surface area contributed by atoms with E-state index < -0.39 is 0 Å². The Bertz CT molecular complexity index is 482. The van der Waals surface area contributed by atoms with Crippen LogP contribution in [-0.2, 0) is 6.54 Å². The van der Waals surface area contributed by atoms with Crippen LogP contribution in [-0.4, -0.2) is 11.5 Å². The lowest BCUT2D eigenvalue weighted by molar-refractivity contribution is 0.538. The molecule has 2 aromatic rings. The van der Waals surface area contributed by atoms with Crippen molar-refractivity contribution < 1.29 is 0 Å². The van der Waals surface area contributed by atoms with E-state index in [9.17, 15) is 0 Å². The highest BCUT2D eigenvalue weighted by Gasteiger charge is 2.11. The van der Waals surface area contributed by atoms with Crippen molar-refractivity contribution in [2.45, 2.75) is 19.5 Å². The molecule has 1 unspecified atom stereocenters. The smallest absolute Gasteiger partial charge is 0.0465 e. The largest absolute Gasteiger partial charge is 0.329 e. The van der Waals surface area contributed by atoms with Crippen molar-refractivity contribution in [2.24, 2.45) is 5.73 Å². The third kappa shape index (κ3) is 3.15. The van der Waals surface area contributed by atoms with E-state index in [1.165, 1.54) is 16.7 Å². The molecule has 0 saturated carbocycles. The number of aromatic nitrogens is 1. The lowest BCUT2D eigenvalue weighted by Gasteiger charge is -2.18. The Morgan fingerprint density at radius 1 is 1.22 bits per heavy atom. The van der Waals surface area contributed by atoms with Crippen LogP contribution in [0.3, 0.4) is 0 Å². The Balaban J connectivity index is 2.04. The number of benzene rings is 1. The number of nitrogens with zero attached hydrogens (tertiary/aromatic N) is 1. The van der Waals surface area contributed by atoms with Crippen LogP contribution in [0.2, 0.25) is 0 Å². The SMILES string of the molecule is Cc1ccncc1C(CN)NCc1ccccc1. The van der Waals surface area contributed by atoms with Gasteiger partial charge in [0, 0.05) is 31.5 Å². The first kappa shape index (κ1) is 12.7. The second-order valence-electron chi connectivity index (χ2n) is 4.39. The van der Waals surface area contributed by atoms with Gasteiger partial charge >= 0.3 is 0 Å². The van der Waals surface area contributed by atoms with Crippen LogP contribution in [0.5, 0.6) is 0 Å². The Labute approximate surface area is 108 Å². The number of pyridine rings is 1. The Morgan fingerprint density at radius 2 is 2.00 bits per heavy atom. The number of hydrogen-bond donors (Lipinski definition) is 2. The second kappa shape index (κ2) is 6.28. The van der Waals surface area contributed by atoms with Crippen molar-refractivity contribution in [1.29, 1.82) is 0 Å². The maximum absolute atomic E-state index is 5.85. The summed E-state index contributed by atoms with van der Waals surface area (Å²) in [7, 11) is 0. The molecule has 0 radical (unpaired) electrons. The van der Waals surface area contributed by atoms with Gasteiger partial charge < -0.3 is 11.1 Å². The third-order valence-electron chi connectivity index (χ3n) is 3.09. The summed E-state index contributed by atoms with van der Waals surface area (Å²) < 4.78 is 0. The highest BCUT2D eigenvalue weighted by atomic mass is 14.9. The summed E-state index contributed by atoms with van der Waals surface area (Å²) in [5, 5.41) is 3.48. The molecule has 1 atom stereocenters. The van der Waals surface area contributed by atoms with Gasteiger partial charge in [0.1, 0.15) is 0 Å². The third-order valence-corrected chi connectivity index (χ3v) is 3.09. The van der Waals surface area contributed by atoms with Gasteiger partial charge in [0.2, 0.25) is 0 Å². The van der Waals surface area contributed by atoms with E-state index in [0.29, 0.717) is 6.54 Å². The molecule has 0 aliphatic heterocycles. The summed E-state index contributed by atoms with van der Waals surface area (Å²) in [5.74, 6) is 0. The quantitative estimate of drug-likeness (QED) is 0.843. The molecule has 1 aromatic carbocycles. The van der Waals surface area contributed by atoms with Gasteiger partial charge in [0.15, 0.2) is 0 Å². The summed E-state index contributed by atoms with van der Waals surface area (Å²) in [6.45, 7) is 3.47. The molecular weight excluding hydrogens is 222 g/mol. The number of hydrogen-bond acceptors (Lipinski definition) is 3. The topological polar surface area (TPSA) is 50.9 Å². The molecule has 0 bridgehead atoms. The minimum atomic E-state index is 0.152. The van der Waals surface area contributed by atoms with Crippen LogP contribution in [0.1, 0.15) is 22.7 Å². The molecule has 0 aliphatic rings. The van der Waals surface area contributed by atoms with E-state index >= 15 is 0 Å². The first-order chi connectivity index (χ1) is 8.81. The van der Waals surface area contributed by atoms with Gasteiger partial charge in [-0.2, -0.15) is 0 Å². The van der Waals surface area contributed by atoms with Crippen molar-refractivity contribution in [1.82, 2.24) is 10.3 Å². The summed E-state index contributed by atoms with van der Waals surface area (Å²) in [6, 6.07) is 12.5. The zero-order valence-electron chi connectivity index (χ0n) is 10.6. The van der Waals surface area contributed by atoms with Crippen LogP contribution < -0.4 is 11.1 Å². The van der Waals surface area contributed by atoms with Crippen molar-refractivity contribution in [3.05, 3.63) is 65.5 Å². The molecule has 3 N–H and O–H groups in total. The molecule has 3 heteroatoms. The zero-order chi connectivity index (χ0) is 12.8. The average molecular weight is 241 g/mol. The minimum Gasteiger partial charge on any atom is -0.329 e. The van der Waals surface area contributed by atoms with E-state index in [-0.39, 0.29) is 6.04 Å². The maximum atomic E-state index is 5.85. The van der Waals surface area contributed by atoms with E-state index in [0.717, 1.165) is 6.54 Å². The van der Waals surface area contributed by atoms with Gasteiger partial charge in [-0.25, -0.2) is 0 Å². The first-order valence-electron chi connectivity index (χ1n) is 6.19. The average Bonchev–Trinajstić information content (AvgIpc) is 2.42. The van der Waals surface area contributed by atoms with Crippen LogP contribution in [0.25, 0.3) is 0 Å². The number of aryl methyl sites for hydroxylation is 1. The predicted molar refractivity (Wildman–Crippen MR) is 74.1 cm³/mol. The number of rotatable bonds is 5. The van der Waals surface area contributed by atoms with Gasteiger partial charge in [-0.1, -0.05) is 30.3 Å². The Morgan fingerprint density at radius 3 is 2.67 bits per heavy atom. The summed E-state index contributed by atoms with van der Waals surface area (Å²) in [4.78, 5) is 4.17. The van der Waals surface area contributed by atoms with Gasteiger partial charge in [0.25, 0.3) is 0 Å². The van der Waals surface area contributed by atoms with Crippen molar-refractivity contribution in [3.63, 3.8) is 0 Å². The molecule has 18 heavy (non-hydrogen) atoms. The molecule has 0 fully saturated rings. The molecule has 0 amide bonds. The summed E-state index contributed by atoms with van der Waals surface area (Å²) >= 11 is 0.